The average molecular weight is 308 g/mol. The van der Waals surface area contributed by atoms with Crippen molar-refractivity contribution in [2.24, 2.45) is 0 Å². The van der Waals surface area contributed by atoms with E-state index in [4.69, 9.17) is 0 Å². The van der Waals surface area contributed by atoms with Gasteiger partial charge in [0.15, 0.2) is 0 Å². The number of hydrogen-bond donors (Lipinski definition) is 2. The van der Waals surface area contributed by atoms with E-state index in [1.54, 1.807) is 0 Å². The van der Waals surface area contributed by atoms with Crippen LogP contribution in [0.15, 0.2) is 28.9 Å². The highest BCUT2D eigenvalue weighted by molar-refractivity contribution is 9.10. The van der Waals surface area contributed by atoms with Crippen molar-refractivity contribution in [1.29, 1.82) is 0 Å². The van der Waals surface area contributed by atoms with Gasteiger partial charge in [0, 0.05) is 47.2 Å². The van der Waals surface area contributed by atoms with Crippen LogP contribution in [0.2, 0.25) is 0 Å². The van der Waals surface area contributed by atoms with Gasteiger partial charge in [-0.1, -0.05) is 15.9 Å². The Hall–Kier alpha value is -0.840. The molecule has 0 amide bonds. The third kappa shape index (κ3) is 2.32. The van der Waals surface area contributed by atoms with Crippen LogP contribution in [-0.2, 0) is 6.42 Å². The standard InChI is InChI=1S/C14H18BrN3/c1-18-5-4-16-9-12(18)6-10-8-17-14-3-2-11(15)7-13(10)14/h2-3,7-8,12,16-17H,4-6,9H2,1H3. The van der Waals surface area contributed by atoms with Gasteiger partial charge in [-0.05, 0) is 37.2 Å². The predicted octanol–water partition coefficient (Wildman–Crippen LogP) is 2.38. The Morgan fingerprint density at radius 3 is 3.17 bits per heavy atom. The molecule has 1 aliphatic rings. The van der Waals surface area contributed by atoms with Gasteiger partial charge in [0.05, 0.1) is 0 Å². The molecule has 0 saturated carbocycles. The van der Waals surface area contributed by atoms with Crippen LogP contribution >= 0.6 is 15.9 Å². The molecule has 1 fully saturated rings. The predicted molar refractivity (Wildman–Crippen MR) is 79.0 cm³/mol. The molecule has 18 heavy (non-hydrogen) atoms. The quantitative estimate of drug-likeness (QED) is 0.892. The Balaban J connectivity index is 1.87. The van der Waals surface area contributed by atoms with E-state index < -0.39 is 0 Å². The topological polar surface area (TPSA) is 31.1 Å². The smallest absolute Gasteiger partial charge is 0.0457 e. The Kier molecular flexibility index (Phi) is 3.41. The number of likely N-dealkylation sites (N-methyl/N-ethyl adjacent to an activating group) is 1. The first-order chi connectivity index (χ1) is 8.74. The van der Waals surface area contributed by atoms with Crippen LogP contribution in [0.1, 0.15) is 5.56 Å². The average Bonchev–Trinajstić information content (AvgIpc) is 2.75. The lowest BCUT2D eigenvalue weighted by Gasteiger charge is -2.33. The molecular weight excluding hydrogens is 290 g/mol. The first kappa shape index (κ1) is 12.2. The number of aromatic nitrogens is 1. The summed E-state index contributed by atoms with van der Waals surface area (Å²) in [5, 5.41) is 4.81. The van der Waals surface area contributed by atoms with E-state index in [0.29, 0.717) is 6.04 Å². The number of halogens is 1. The van der Waals surface area contributed by atoms with Gasteiger partial charge in [-0.25, -0.2) is 0 Å². The van der Waals surface area contributed by atoms with Gasteiger partial charge >= 0.3 is 0 Å². The fraction of sp³-hybridized carbons (Fsp3) is 0.429. The number of aromatic amines is 1. The Morgan fingerprint density at radius 2 is 2.33 bits per heavy atom. The molecule has 1 aromatic heterocycles. The number of H-pyrrole nitrogens is 1. The summed E-state index contributed by atoms with van der Waals surface area (Å²) >= 11 is 3.55. The van der Waals surface area contributed by atoms with E-state index in [1.165, 1.54) is 16.5 Å². The Morgan fingerprint density at radius 1 is 1.44 bits per heavy atom. The zero-order chi connectivity index (χ0) is 12.5. The Bertz CT molecular complexity index is 549. The van der Waals surface area contributed by atoms with Crippen molar-refractivity contribution < 1.29 is 0 Å². The van der Waals surface area contributed by atoms with Crippen molar-refractivity contribution in [1.82, 2.24) is 15.2 Å². The maximum absolute atomic E-state index is 3.55. The first-order valence-corrected chi connectivity index (χ1v) is 7.20. The fourth-order valence-electron chi connectivity index (χ4n) is 2.66. The molecule has 1 atom stereocenters. The molecule has 1 saturated heterocycles. The van der Waals surface area contributed by atoms with Gasteiger partial charge in [0.25, 0.3) is 0 Å². The molecule has 0 aliphatic carbocycles. The number of hydrogen-bond acceptors (Lipinski definition) is 2. The first-order valence-electron chi connectivity index (χ1n) is 6.40. The van der Waals surface area contributed by atoms with Crippen molar-refractivity contribution in [2.45, 2.75) is 12.5 Å². The van der Waals surface area contributed by atoms with Crippen molar-refractivity contribution in [3.05, 3.63) is 34.4 Å². The van der Waals surface area contributed by atoms with Gasteiger partial charge < -0.3 is 15.2 Å². The van der Waals surface area contributed by atoms with Crippen LogP contribution in [0.25, 0.3) is 10.9 Å². The van der Waals surface area contributed by atoms with Gasteiger partial charge in [-0.15, -0.1) is 0 Å². The number of rotatable bonds is 2. The van der Waals surface area contributed by atoms with E-state index >= 15 is 0 Å². The highest BCUT2D eigenvalue weighted by Gasteiger charge is 2.20. The minimum Gasteiger partial charge on any atom is -0.361 e. The second-order valence-electron chi connectivity index (χ2n) is 5.05. The molecule has 3 nitrogen and oxygen atoms in total. The minimum atomic E-state index is 0.594. The molecule has 3 rings (SSSR count). The number of benzene rings is 1. The van der Waals surface area contributed by atoms with Crippen LogP contribution < -0.4 is 5.32 Å². The van der Waals surface area contributed by atoms with Crippen molar-refractivity contribution in [3.63, 3.8) is 0 Å². The number of nitrogens with zero attached hydrogens (tertiary/aromatic N) is 1. The summed E-state index contributed by atoms with van der Waals surface area (Å²) < 4.78 is 1.14. The van der Waals surface area contributed by atoms with Gasteiger partial charge in [-0.3, -0.25) is 0 Å². The third-order valence-corrected chi connectivity index (χ3v) is 4.32. The fourth-order valence-corrected chi connectivity index (χ4v) is 3.02. The van der Waals surface area contributed by atoms with Crippen LogP contribution in [-0.4, -0.2) is 42.6 Å². The van der Waals surface area contributed by atoms with E-state index in [9.17, 15) is 0 Å². The zero-order valence-electron chi connectivity index (χ0n) is 10.5. The van der Waals surface area contributed by atoms with E-state index in [0.717, 1.165) is 30.5 Å². The van der Waals surface area contributed by atoms with Crippen LogP contribution in [0.3, 0.4) is 0 Å². The normalized spacial score (nSPS) is 21.6. The molecule has 0 bridgehead atoms. The summed E-state index contributed by atoms with van der Waals surface area (Å²) in [6.45, 7) is 3.32. The van der Waals surface area contributed by atoms with Crippen LogP contribution in [0.5, 0.6) is 0 Å². The number of fused-ring (bicyclic) bond motifs is 1. The highest BCUT2D eigenvalue weighted by Crippen LogP contribution is 2.24. The summed E-state index contributed by atoms with van der Waals surface area (Å²) in [6, 6.07) is 7.01. The summed E-state index contributed by atoms with van der Waals surface area (Å²) in [5.41, 5.74) is 2.63. The monoisotopic (exact) mass is 307 g/mol. The maximum Gasteiger partial charge on any atom is 0.0457 e. The van der Waals surface area contributed by atoms with Crippen LogP contribution in [0.4, 0.5) is 0 Å². The van der Waals surface area contributed by atoms with Crippen molar-refractivity contribution >= 4 is 26.8 Å². The van der Waals surface area contributed by atoms with E-state index in [2.05, 4.69) is 62.6 Å². The van der Waals surface area contributed by atoms with Crippen molar-refractivity contribution in [2.75, 3.05) is 26.7 Å². The summed E-state index contributed by atoms with van der Waals surface area (Å²) in [6.07, 6.45) is 3.25. The lowest BCUT2D eigenvalue weighted by molar-refractivity contribution is 0.199. The molecule has 1 aromatic carbocycles. The molecule has 2 heterocycles. The molecule has 0 radical (unpaired) electrons. The van der Waals surface area contributed by atoms with Gasteiger partial charge in [-0.2, -0.15) is 0 Å². The van der Waals surface area contributed by atoms with Crippen molar-refractivity contribution in [3.8, 4) is 0 Å². The largest absolute Gasteiger partial charge is 0.361 e. The van der Waals surface area contributed by atoms with Gasteiger partial charge in [0.2, 0.25) is 0 Å². The van der Waals surface area contributed by atoms with Gasteiger partial charge in [0.1, 0.15) is 0 Å². The van der Waals surface area contributed by atoms with Crippen LogP contribution in [0, 0.1) is 0 Å². The lowest BCUT2D eigenvalue weighted by atomic mass is 10.0. The molecular formula is C14H18BrN3. The lowest BCUT2D eigenvalue weighted by Crippen LogP contribution is -2.50. The number of piperazine rings is 1. The molecule has 4 heteroatoms. The summed E-state index contributed by atoms with van der Waals surface area (Å²) in [7, 11) is 2.22. The van der Waals surface area contributed by atoms with E-state index in [-0.39, 0.29) is 0 Å². The minimum absolute atomic E-state index is 0.594. The van der Waals surface area contributed by atoms with E-state index in [1.807, 2.05) is 0 Å². The highest BCUT2D eigenvalue weighted by atomic mass is 79.9. The third-order valence-electron chi connectivity index (χ3n) is 3.83. The molecule has 0 spiro atoms. The number of nitrogens with one attached hydrogen (secondary N) is 2. The molecule has 96 valence electrons. The second-order valence-corrected chi connectivity index (χ2v) is 5.96. The molecule has 1 unspecified atom stereocenters. The molecule has 2 aromatic rings. The Labute approximate surface area is 116 Å². The molecule has 1 aliphatic heterocycles. The second kappa shape index (κ2) is 5.03. The zero-order valence-corrected chi connectivity index (χ0v) is 12.1. The molecule has 2 N–H and O–H groups in total. The SMILES string of the molecule is CN1CCNCC1Cc1c[nH]c2ccc(Br)cc12. The summed E-state index contributed by atoms with van der Waals surface area (Å²) in [5.74, 6) is 0. The summed E-state index contributed by atoms with van der Waals surface area (Å²) in [4.78, 5) is 5.81. The maximum atomic E-state index is 3.55.